The lowest BCUT2D eigenvalue weighted by molar-refractivity contribution is 0.105. The molecular formula is C11H22O2. The first-order chi connectivity index (χ1) is 6.16. The van der Waals surface area contributed by atoms with Gasteiger partial charge in [-0.15, -0.1) is 0 Å². The zero-order chi connectivity index (χ0) is 9.84. The second kappa shape index (κ2) is 4.97. The van der Waals surface area contributed by atoms with E-state index in [-0.39, 0.29) is 6.10 Å². The standard InChI is InChI=1S/C11H22O2/c1-8(6-7-13-3)10-4-5-11(12)9(10)2/h8-12H,4-7H2,1-3H3. The molecule has 4 unspecified atom stereocenters. The second-order valence-electron chi connectivity index (χ2n) is 4.43. The van der Waals surface area contributed by atoms with Gasteiger partial charge in [0.1, 0.15) is 0 Å². The molecule has 1 aliphatic carbocycles. The molecule has 0 heterocycles. The Kier molecular flexibility index (Phi) is 4.20. The molecule has 1 rings (SSSR count). The summed E-state index contributed by atoms with van der Waals surface area (Å²) < 4.78 is 5.07. The first kappa shape index (κ1) is 11.0. The minimum absolute atomic E-state index is 0.0602. The Morgan fingerprint density at radius 2 is 2.15 bits per heavy atom. The summed E-state index contributed by atoms with van der Waals surface area (Å²) in [6.45, 7) is 5.30. The average Bonchev–Trinajstić information content (AvgIpc) is 2.44. The maximum absolute atomic E-state index is 9.61. The highest BCUT2D eigenvalue weighted by Crippen LogP contribution is 2.37. The van der Waals surface area contributed by atoms with Crippen LogP contribution in [0.15, 0.2) is 0 Å². The molecule has 0 aromatic carbocycles. The number of aliphatic hydroxyl groups is 1. The quantitative estimate of drug-likeness (QED) is 0.728. The Hall–Kier alpha value is -0.0800. The number of ether oxygens (including phenoxy) is 1. The smallest absolute Gasteiger partial charge is 0.0568 e. The summed E-state index contributed by atoms with van der Waals surface area (Å²) in [5.74, 6) is 1.86. The molecule has 0 spiro atoms. The molecule has 2 heteroatoms. The molecule has 13 heavy (non-hydrogen) atoms. The Balaban J connectivity index is 2.34. The zero-order valence-electron chi connectivity index (χ0n) is 8.99. The third-order valence-electron chi connectivity index (χ3n) is 3.59. The van der Waals surface area contributed by atoms with Crippen LogP contribution in [0.25, 0.3) is 0 Å². The molecule has 0 radical (unpaired) electrons. The van der Waals surface area contributed by atoms with E-state index in [0.717, 1.165) is 19.4 Å². The minimum Gasteiger partial charge on any atom is -0.393 e. The van der Waals surface area contributed by atoms with Crippen LogP contribution < -0.4 is 0 Å². The Morgan fingerprint density at radius 3 is 2.62 bits per heavy atom. The molecule has 1 aliphatic rings. The SMILES string of the molecule is COCCC(C)C1CCC(O)C1C. The summed E-state index contributed by atoms with van der Waals surface area (Å²) in [4.78, 5) is 0. The zero-order valence-corrected chi connectivity index (χ0v) is 8.99. The fraction of sp³-hybridized carbons (Fsp3) is 1.00. The Bertz CT molecular complexity index is 147. The van der Waals surface area contributed by atoms with Gasteiger partial charge < -0.3 is 9.84 Å². The van der Waals surface area contributed by atoms with Crippen LogP contribution >= 0.6 is 0 Å². The first-order valence-electron chi connectivity index (χ1n) is 5.33. The van der Waals surface area contributed by atoms with Crippen LogP contribution in [0.2, 0.25) is 0 Å². The van der Waals surface area contributed by atoms with Crippen LogP contribution in [0.1, 0.15) is 33.1 Å². The fourth-order valence-electron chi connectivity index (χ4n) is 2.49. The molecule has 0 bridgehead atoms. The van der Waals surface area contributed by atoms with Crippen molar-refractivity contribution in [3.05, 3.63) is 0 Å². The van der Waals surface area contributed by atoms with Gasteiger partial charge in [0.2, 0.25) is 0 Å². The lowest BCUT2D eigenvalue weighted by Gasteiger charge is -2.24. The van der Waals surface area contributed by atoms with Crippen LogP contribution in [0.3, 0.4) is 0 Å². The molecule has 0 aliphatic heterocycles. The van der Waals surface area contributed by atoms with Crippen molar-refractivity contribution in [3.63, 3.8) is 0 Å². The van der Waals surface area contributed by atoms with Crippen LogP contribution in [0.4, 0.5) is 0 Å². The van der Waals surface area contributed by atoms with Crippen LogP contribution in [-0.4, -0.2) is 24.9 Å². The second-order valence-corrected chi connectivity index (χ2v) is 4.43. The first-order valence-corrected chi connectivity index (χ1v) is 5.33. The van der Waals surface area contributed by atoms with Gasteiger partial charge in [-0.25, -0.2) is 0 Å². The van der Waals surface area contributed by atoms with Crippen molar-refractivity contribution in [2.45, 2.75) is 39.2 Å². The largest absolute Gasteiger partial charge is 0.393 e. The summed E-state index contributed by atoms with van der Waals surface area (Å²) in [6, 6.07) is 0. The van der Waals surface area contributed by atoms with E-state index in [1.165, 1.54) is 6.42 Å². The normalized spacial score (nSPS) is 36.5. The lowest BCUT2D eigenvalue weighted by Crippen LogP contribution is -2.21. The van der Waals surface area contributed by atoms with E-state index >= 15 is 0 Å². The van der Waals surface area contributed by atoms with E-state index < -0.39 is 0 Å². The van der Waals surface area contributed by atoms with E-state index in [1.807, 2.05) is 0 Å². The van der Waals surface area contributed by atoms with Crippen molar-refractivity contribution < 1.29 is 9.84 Å². The topological polar surface area (TPSA) is 29.5 Å². The van der Waals surface area contributed by atoms with Gasteiger partial charge in [-0.1, -0.05) is 13.8 Å². The van der Waals surface area contributed by atoms with Crippen LogP contribution in [0, 0.1) is 17.8 Å². The summed E-state index contributed by atoms with van der Waals surface area (Å²) in [6.07, 6.45) is 3.24. The number of aliphatic hydroxyl groups excluding tert-OH is 1. The van der Waals surface area contributed by atoms with E-state index in [2.05, 4.69) is 13.8 Å². The van der Waals surface area contributed by atoms with Gasteiger partial charge in [0, 0.05) is 13.7 Å². The summed E-state index contributed by atoms with van der Waals surface area (Å²) >= 11 is 0. The fourth-order valence-corrected chi connectivity index (χ4v) is 2.49. The molecule has 0 aromatic heterocycles. The predicted molar refractivity (Wildman–Crippen MR) is 53.6 cm³/mol. The van der Waals surface area contributed by atoms with Crippen LogP contribution in [0.5, 0.6) is 0 Å². The molecule has 78 valence electrons. The predicted octanol–water partition coefficient (Wildman–Crippen LogP) is 2.07. The lowest BCUT2D eigenvalue weighted by atomic mass is 9.84. The molecular weight excluding hydrogens is 164 g/mol. The average molecular weight is 186 g/mol. The minimum atomic E-state index is -0.0602. The van der Waals surface area contributed by atoms with E-state index in [0.29, 0.717) is 17.8 Å². The number of hydrogen-bond donors (Lipinski definition) is 1. The number of rotatable bonds is 4. The molecule has 4 atom stereocenters. The van der Waals surface area contributed by atoms with Crippen molar-refractivity contribution in [1.82, 2.24) is 0 Å². The molecule has 1 N–H and O–H groups in total. The third kappa shape index (κ3) is 2.68. The number of methoxy groups -OCH3 is 1. The monoisotopic (exact) mass is 186 g/mol. The van der Waals surface area contributed by atoms with Gasteiger partial charge >= 0.3 is 0 Å². The molecule has 2 nitrogen and oxygen atoms in total. The van der Waals surface area contributed by atoms with Crippen molar-refractivity contribution in [3.8, 4) is 0 Å². The Labute approximate surface area is 81.3 Å². The molecule has 1 fully saturated rings. The van der Waals surface area contributed by atoms with Gasteiger partial charge in [-0.05, 0) is 37.0 Å². The van der Waals surface area contributed by atoms with Gasteiger partial charge in [-0.3, -0.25) is 0 Å². The van der Waals surface area contributed by atoms with Crippen molar-refractivity contribution in [2.75, 3.05) is 13.7 Å². The van der Waals surface area contributed by atoms with E-state index in [1.54, 1.807) is 7.11 Å². The van der Waals surface area contributed by atoms with Crippen molar-refractivity contribution in [2.24, 2.45) is 17.8 Å². The maximum atomic E-state index is 9.61. The molecule has 0 saturated heterocycles. The maximum Gasteiger partial charge on any atom is 0.0568 e. The third-order valence-corrected chi connectivity index (χ3v) is 3.59. The summed E-state index contributed by atoms with van der Waals surface area (Å²) in [7, 11) is 1.75. The highest BCUT2D eigenvalue weighted by molar-refractivity contribution is 4.84. The van der Waals surface area contributed by atoms with Crippen LogP contribution in [-0.2, 0) is 4.74 Å². The van der Waals surface area contributed by atoms with Gasteiger partial charge in [-0.2, -0.15) is 0 Å². The Morgan fingerprint density at radius 1 is 1.46 bits per heavy atom. The summed E-state index contributed by atoms with van der Waals surface area (Å²) in [5.41, 5.74) is 0. The van der Waals surface area contributed by atoms with Crippen molar-refractivity contribution >= 4 is 0 Å². The highest BCUT2D eigenvalue weighted by atomic mass is 16.5. The summed E-state index contributed by atoms with van der Waals surface area (Å²) in [5, 5.41) is 9.61. The van der Waals surface area contributed by atoms with E-state index in [4.69, 9.17) is 4.74 Å². The highest BCUT2D eigenvalue weighted by Gasteiger charge is 2.34. The molecule has 1 saturated carbocycles. The number of hydrogen-bond acceptors (Lipinski definition) is 2. The van der Waals surface area contributed by atoms with E-state index in [9.17, 15) is 5.11 Å². The van der Waals surface area contributed by atoms with Crippen molar-refractivity contribution in [1.29, 1.82) is 0 Å². The van der Waals surface area contributed by atoms with Gasteiger partial charge in [0.05, 0.1) is 6.10 Å². The molecule has 0 aromatic rings. The van der Waals surface area contributed by atoms with Gasteiger partial charge in [0.25, 0.3) is 0 Å². The van der Waals surface area contributed by atoms with Gasteiger partial charge in [0.15, 0.2) is 0 Å². The molecule has 0 amide bonds.